The molecule has 1 aliphatic rings. The molecule has 2 rings (SSSR count). The molecule has 4 nitrogen and oxygen atoms in total. The first-order valence-corrected chi connectivity index (χ1v) is 6.06. The van der Waals surface area contributed by atoms with E-state index < -0.39 is 0 Å². The van der Waals surface area contributed by atoms with Gasteiger partial charge in [-0.25, -0.2) is 4.98 Å². The van der Waals surface area contributed by atoms with Gasteiger partial charge >= 0.3 is 0 Å². The fraction of sp³-hybridized carbons (Fsp3) is 0.750. The van der Waals surface area contributed by atoms with Crippen LogP contribution in [0.1, 0.15) is 25.5 Å². The summed E-state index contributed by atoms with van der Waals surface area (Å²) in [7, 11) is 0. The zero-order valence-electron chi connectivity index (χ0n) is 10.1. The number of hydrogen-bond acceptors (Lipinski definition) is 3. The average molecular weight is 223 g/mol. The van der Waals surface area contributed by atoms with Crippen LogP contribution in [0, 0.1) is 5.92 Å². The van der Waals surface area contributed by atoms with Crippen LogP contribution in [0.15, 0.2) is 12.5 Å². The maximum absolute atomic E-state index is 5.59. The highest BCUT2D eigenvalue weighted by molar-refractivity contribution is 5.11. The summed E-state index contributed by atoms with van der Waals surface area (Å²) >= 11 is 0. The highest BCUT2D eigenvalue weighted by Gasteiger charge is 2.21. The van der Waals surface area contributed by atoms with E-state index in [4.69, 9.17) is 4.74 Å². The van der Waals surface area contributed by atoms with Gasteiger partial charge in [-0.2, -0.15) is 0 Å². The third-order valence-electron chi connectivity index (χ3n) is 2.87. The number of rotatable bonds is 6. The summed E-state index contributed by atoms with van der Waals surface area (Å²) in [4.78, 5) is 4.22. The SMILES string of the molecule is CC(C)COCCn1cncc1C1CNC1. The molecule has 90 valence electrons. The van der Waals surface area contributed by atoms with Crippen molar-refractivity contribution in [2.24, 2.45) is 5.92 Å². The van der Waals surface area contributed by atoms with Crippen molar-refractivity contribution in [2.75, 3.05) is 26.3 Å². The lowest BCUT2D eigenvalue weighted by Crippen LogP contribution is -2.41. The van der Waals surface area contributed by atoms with Gasteiger partial charge in [0, 0.05) is 44.0 Å². The fourth-order valence-corrected chi connectivity index (χ4v) is 1.84. The van der Waals surface area contributed by atoms with Crippen LogP contribution < -0.4 is 5.32 Å². The molecule has 1 aliphatic heterocycles. The summed E-state index contributed by atoms with van der Waals surface area (Å²) in [6.07, 6.45) is 3.89. The van der Waals surface area contributed by atoms with E-state index in [1.54, 1.807) is 0 Å². The van der Waals surface area contributed by atoms with Gasteiger partial charge in [-0.15, -0.1) is 0 Å². The molecule has 1 fully saturated rings. The van der Waals surface area contributed by atoms with Gasteiger partial charge in [0.15, 0.2) is 0 Å². The van der Waals surface area contributed by atoms with Crippen molar-refractivity contribution < 1.29 is 4.74 Å². The van der Waals surface area contributed by atoms with E-state index in [9.17, 15) is 0 Å². The third kappa shape index (κ3) is 2.83. The number of imidazole rings is 1. The Kier molecular flexibility index (Phi) is 3.96. The smallest absolute Gasteiger partial charge is 0.0949 e. The van der Waals surface area contributed by atoms with E-state index in [0.29, 0.717) is 11.8 Å². The van der Waals surface area contributed by atoms with Crippen LogP contribution in [0.3, 0.4) is 0 Å². The molecule has 0 radical (unpaired) electrons. The van der Waals surface area contributed by atoms with Gasteiger partial charge in [0.2, 0.25) is 0 Å². The molecular weight excluding hydrogens is 202 g/mol. The number of nitrogens with one attached hydrogen (secondary N) is 1. The maximum Gasteiger partial charge on any atom is 0.0949 e. The van der Waals surface area contributed by atoms with Gasteiger partial charge in [-0.1, -0.05) is 13.8 Å². The Hall–Kier alpha value is -0.870. The van der Waals surface area contributed by atoms with E-state index in [-0.39, 0.29) is 0 Å². The first kappa shape index (κ1) is 11.6. The molecule has 0 aliphatic carbocycles. The van der Waals surface area contributed by atoms with Gasteiger partial charge in [-0.3, -0.25) is 0 Å². The summed E-state index contributed by atoms with van der Waals surface area (Å²) in [5.74, 6) is 1.26. The lowest BCUT2D eigenvalue weighted by molar-refractivity contribution is 0.102. The molecule has 1 aromatic rings. The van der Waals surface area contributed by atoms with E-state index in [0.717, 1.165) is 32.8 Å². The first-order valence-electron chi connectivity index (χ1n) is 6.06. The molecular formula is C12H21N3O. The first-order chi connectivity index (χ1) is 7.77. The van der Waals surface area contributed by atoms with Gasteiger partial charge in [0.1, 0.15) is 0 Å². The molecule has 0 aromatic carbocycles. The van der Waals surface area contributed by atoms with Crippen molar-refractivity contribution in [2.45, 2.75) is 26.3 Å². The molecule has 4 heteroatoms. The van der Waals surface area contributed by atoms with Gasteiger partial charge in [-0.05, 0) is 5.92 Å². The van der Waals surface area contributed by atoms with Gasteiger partial charge in [0.05, 0.1) is 12.9 Å². The van der Waals surface area contributed by atoms with E-state index in [2.05, 4.69) is 28.7 Å². The lowest BCUT2D eigenvalue weighted by Gasteiger charge is -2.27. The Morgan fingerprint density at radius 1 is 1.56 bits per heavy atom. The fourth-order valence-electron chi connectivity index (χ4n) is 1.84. The second kappa shape index (κ2) is 5.46. The summed E-state index contributed by atoms with van der Waals surface area (Å²) in [6, 6.07) is 0. The summed E-state index contributed by atoms with van der Waals surface area (Å²) < 4.78 is 7.80. The molecule has 0 unspecified atom stereocenters. The van der Waals surface area contributed by atoms with Crippen LogP contribution in [-0.4, -0.2) is 35.9 Å². The zero-order chi connectivity index (χ0) is 11.4. The normalized spacial score (nSPS) is 16.7. The molecule has 1 aromatic heterocycles. The molecule has 1 N–H and O–H groups in total. The van der Waals surface area contributed by atoms with Crippen LogP contribution in [0.4, 0.5) is 0 Å². The van der Waals surface area contributed by atoms with Crippen LogP contribution >= 0.6 is 0 Å². The van der Waals surface area contributed by atoms with E-state index in [1.807, 2.05) is 12.5 Å². The molecule has 0 amide bonds. The zero-order valence-corrected chi connectivity index (χ0v) is 10.1. The Balaban J connectivity index is 1.77. The van der Waals surface area contributed by atoms with Crippen molar-refractivity contribution >= 4 is 0 Å². The van der Waals surface area contributed by atoms with E-state index >= 15 is 0 Å². The number of nitrogens with zero attached hydrogens (tertiary/aromatic N) is 2. The number of hydrogen-bond donors (Lipinski definition) is 1. The predicted octanol–water partition coefficient (Wildman–Crippen LogP) is 1.24. The Labute approximate surface area is 97.0 Å². The van der Waals surface area contributed by atoms with Gasteiger partial charge < -0.3 is 14.6 Å². The van der Waals surface area contributed by atoms with Crippen molar-refractivity contribution in [3.63, 3.8) is 0 Å². The molecule has 16 heavy (non-hydrogen) atoms. The summed E-state index contributed by atoms with van der Waals surface area (Å²) in [5.41, 5.74) is 1.34. The van der Waals surface area contributed by atoms with Gasteiger partial charge in [0.25, 0.3) is 0 Å². The predicted molar refractivity (Wildman–Crippen MR) is 63.5 cm³/mol. The summed E-state index contributed by atoms with van der Waals surface area (Å²) in [6.45, 7) is 9.04. The molecule has 1 saturated heterocycles. The Bertz CT molecular complexity index is 318. The molecule has 2 heterocycles. The highest BCUT2D eigenvalue weighted by atomic mass is 16.5. The second-order valence-corrected chi connectivity index (χ2v) is 4.84. The molecule has 0 spiro atoms. The average Bonchev–Trinajstić information content (AvgIpc) is 2.58. The van der Waals surface area contributed by atoms with Crippen LogP contribution in [-0.2, 0) is 11.3 Å². The lowest BCUT2D eigenvalue weighted by atomic mass is 10.00. The Morgan fingerprint density at radius 3 is 3.00 bits per heavy atom. The van der Waals surface area contributed by atoms with Crippen molar-refractivity contribution in [1.82, 2.24) is 14.9 Å². The maximum atomic E-state index is 5.59. The van der Waals surface area contributed by atoms with E-state index in [1.165, 1.54) is 5.69 Å². The standard InChI is InChI=1S/C12H21N3O/c1-10(2)8-16-4-3-15-9-14-7-12(15)11-5-13-6-11/h7,9-11,13H,3-6,8H2,1-2H3. The highest BCUT2D eigenvalue weighted by Crippen LogP contribution is 2.18. The molecule has 0 atom stereocenters. The largest absolute Gasteiger partial charge is 0.379 e. The third-order valence-corrected chi connectivity index (χ3v) is 2.87. The number of aromatic nitrogens is 2. The minimum absolute atomic E-state index is 0.609. The van der Waals surface area contributed by atoms with Crippen LogP contribution in [0.5, 0.6) is 0 Å². The minimum atomic E-state index is 0.609. The Morgan fingerprint density at radius 2 is 2.38 bits per heavy atom. The van der Waals surface area contributed by atoms with Crippen LogP contribution in [0.25, 0.3) is 0 Å². The quantitative estimate of drug-likeness (QED) is 0.738. The molecule has 0 saturated carbocycles. The van der Waals surface area contributed by atoms with Crippen molar-refractivity contribution in [3.05, 3.63) is 18.2 Å². The van der Waals surface area contributed by atoms with Crippen LogP contribution in [0.2, 0.25) is 0 Å². The minimum Gasteiger partial charge on any atom is -0.379 e. The van der Waals surface area contributed by atoms with Crippen molar-refractivity contribution in [1.29, 1.82) is 0 Å². The topological polar surface area (TPSA) is 39.1 Å². The summed E-state index contributed by atoms with van der Waals surface area (Å²) in [5, 5.41) is 3.29. The molecule has 0 bridgehead atoms. The second-order valence-electron chi connectivity index (χ2n) is 4.84. The number of ether oxygens (including phenoxy) is 1. The van der Waals surface area contributed by atoms with Crippen molar-refractivity contribution in [3.8, 4) is 0 Å². The monoisotopic (exact) mass is 223 g/mol.